The number of carbonyl (C=O) groups excluding carboxylic acids is 3. The van der Waals surface area contributed by atoms with Crippen molar-refractivity contribution in [2.24, 2.45) is 0 Å². The summed E-state index contributed by atoms with van der Waals surface area (Å²) < 4.78 is 15.6. The van der Waals surface area contributed by atoms with E-state index in [-0.39, 0.29) is 18.1 Å². The molecule has 1 aliphatic rings. The molecule has 3 rings (SSSR count). The molecule has 1 amide bonds. The van der Waals surface area contributed by atoms with Gasteiger partial charge in [0, 0.05) is 11.1 Å². The lowest BCUT2D eigenvalue weighted by Gasteiger charge is -2.12. The smallest absolute Gasteiger partial charge is 0.344 e. The highest BCUT2D eigenvalue weighted by atomic mass is 32.1. The lowest BCUT2D eigenvalue weighted by Crippen LogP contribution is -2.22. The zero-order valence-corrected chi connectivity index (χ0v) is 17.8. The third-order valence-electron chi connectivity index (χ3n) is 4.51. The number of thiophene rings is 1. The van der Waals surface area contributed by atoms with E-state index in [1.54, 1.807) is 19.9 Å². The Morgan fingerprint density at radius 3 is 2.67 bits per heavy atom. The second-order valence-electron chi connectivity index (χ2n) is 6.55. The summed E-state index contributed by atoms with van der Waals surface area (Å²) in [7, 11) is 0. The fourth-order valence-corrected chi connectivity index (χ4v) is 4.54. The van der Waals surface area contributed by atoms with Crippen LogP contribution < -0.4 is 10.1 Å². The SMILES string of the molecule is CCOC(=O)c1c(NC(=O)COC(=O)c2cccnc2OCC)sc2c1CCCC2. The highest BCUT2D eigenvalue weighted by molar-refractivity contribution is 7.17. The van der Waals surface area contributed by atoms with E-state index in [1.165, 1.54) is 23.6 Å². The van der Waals surface area contributed by atoms with Gasteiger partial charge in [0.25, 0.3) is 5.91 Å². The lowest BCUT2D eigenvalue weighted by atomic mass is 9.95. The number of hydrogen-bond donors (Lipinski definition) is 1. The van der Waals surface area contributed by atoms with E-state index < -0.39 is 24.5 Å². The van der Waals surface area contributed by atoms with Gasteiger partial charge in [0.2, 0.25) is 5.88 Å². The molecule has 2 heterocycles. The molecule has 2 aromatic rings. The van der Waals surface area contributed by atoms with Crippen LogP contribution in [-0.4, -0.2) is 42.7 Å². The molecule has 0 atom stereocenters. The van der Waals surface area contributed by atoms with Crippen LogP contribution in [0.15, 0.2) is 18.3 Å². The molecule has 0 radical (unpaired) electrons. The number of esters is 2. The monoisotopic (exact) mass is 432 g/mol. The van der Waals surface area contributed by atoms with Gasteiger partial charge in [-0.25, -0.2) is 14.6 Å². The summed E-state index contributed by atoms with van der Waals surface area (Å²) in [6.45, 7) is 3.62. The lowest BCUT2D eigenvalue weighted by molar-refractivity contribution is -0.119. The molecule has 0 bridgehead atoms. The zero-order chi connectivity index (χ0) is 21.5. The largest absolute Gasteiger partial charge is 0.477 e. The molecular formula is C21H24N2O6S. The Bertz CT molecular complexity index is 940. The van der Waals surface area contributed by atoms with Crippen LogP contribution in [0.4, 0.5) is 5.00 Å². The zero-order valence-electron chi connectivity index (χ0n) is 17.0. The molecular weight excluding hydrogens is 408 g/mol. The number of ether oxygens (including phenoxy) is 3. The Hall–Kier alpha value is -2.94. The van der Waals surface area contributed by atoms with Gasteiger partial charge in [-0.2, -0.15) is 0 Å². The van der Waals surface area contributed by atoms with Crippen LogP contribution in [0.5, 0.6) is 5.88 Å². The number of nitrogens with zero attached hydrogens (tertiary/aromatic N) is 1. The van der Waals surface area contributed by atoms with Crippen molar-refractivity contribution in [2.75, 3.05) is 25.1 Å². The fraction of sp³-hybridized carbons (Fsp3) is 0.429. The van der Waals surface area contributed by atoms with E-state index in [9.17, 15) is 14.4 Å². The Morgan fingerprint density at radius 1 is 1.10 bits per heavy atom. The third kappa shape index (κ3) is 4.96. The van der Waals surface area contributed by atoms with Gasteiger partial charge in [-0.15, -0.1) is 11.3 Å². The van der Waals surface area contributed by atoms with E-state index >= 15 is 0 Å². The molecule has 2 aromatic heterocycles. The molecule has 0 fully saturated rings. The number of fused-ring (bicyclic) bond motifs is 1. The predicted octanol–water partition coefficient (Wildman–Crippen LogP) is 3.39. The first-order valence-electron chi connectivity index (χ1n) is 9.91. The Labute approximate surface area is 178 Å². The van der Waals surface area contributed by atoms with Crippen molar-refractivity contribution in [1.82, 2.24) is 4.98 Å². The van der Waals surface area contributed by atoms with Crippen LogP contribution in [0.3, 0.4) is 0 Å². The maximum Gasteiger partial charge on any atom is 0.344 e. The van der Waals surface area contributed by atoms with E-state index in [1.807, 2.05) is 0 Å². The number of hydrogen-bond acceptors (Lipinski definition) is 8. The van der Waals surface area contributed by atoms with Crippen molar-refractivity contribution >= 4 is 34.2 Å². The number of anilines is 1. The highest BCUT2D eigenvalue weighted by Gasteiger charge is 2.27. The van der Waals surface area contributed by atoms with Gasteiger partial charge in [0.05, 0.1) is 18.8 Å². The molecule has 0 unspecified atom stereocenters. The minimum atomic E-state index is -0.710. The number of aromatic nitrogens is 1. The Morgan fingerprint density at radius 2 is 1.90 bits per heavy atom. The van der Waals surface area contributed by atoms with Gasteiger partial charge in [-0.3, -0.25) is 4.79 Å². The molecule has 8 nitrogen and oxygen atoms in total. The van der Waals surface area contributed by atoms with Crippen LogP contribution >= 0.6 is 11.3 Å². The first kappa shape index (κ1) is 21.8. The normalized spacial score (nSPS) is 12.6. The topological polar surface area (TPSA) is 104 Å². The summed E-state index contributed by atoms with van der Waals surface area (Å²) in [4.78, 5) is 42.3. The van der Waals surface area contributed by atoms with Crippen LogP contribution in [0.25, 0.3) is 0 Å². The van der Waals surface area contributed by atoms with Gasteiger partial charge >= 0.3 is 11.9 Å². The van der Waals surface area contributed by atoms with Crippen LogP contribution in [-0.2, 0) is 27.1 Å². The third-order valence-corrected chi connectivity index (χ3v) is 5.72. The second-order valence-corrected chi connectivity index (χ2v) is 7.65. The van der Waals surface area contributed by atoms with Crippen molar-refractivity contribution in [3.8, 4) is 5.88 Å². The number of pyridine rings is 1. The molecule has 0 spiro atoms. The van der Waals surface area contributed by atoms with Gasteiger partial charge in [0.15, 0.2) is 6.61 Å². The molecule has 160 valence electrons. The van der Waals surface area contributed by atoms with E-state index in [4.69, 9.17) is 14.2 Å². The summed E-state index contributed by atoms with van der Waals surface area (Å²) in [5.74, 6) is -1.53. The van der Waals surface area contributed by atoms with Crippen LogP contribution in [0, 0.1) is 0 Å². The summed E-state index contributed by atoms with van der Waals surface area (Å²) in [5.41, 5.74) is 1.52. The van der Waals surface area contributed by atoms with E-state index in [2.05, 4.69) is 10.3 Å². The van der Waals surface area contributed by atoms with E-state index in [0.717, 1.165) is 36.1 Å². The first-order valence-corrected chi connectivity index (χ1v) is 10.7. The fourth-order valence-electron chi connectivity index (χ4n) is 3.24. The average Bonchev–Trinajstić information content (AvgIpc) is 3.10. The summed E-state index contributed by atoms with van der Waals surface area (Å²) in [6, 6.07) is 3.10. The Balaban J connectivity index is 1.69. The minimum Gasteiger partial charge on any atom is -0.477 e. The molecule has 30 heavy (non-hydrogen) atoms. The van der Waals surface area contributed by atoms with Crippen LogP contribution in [0.1, 0.15) is 57.8 Å². The van der Waals surface area contributed by atoms with Gasteiger partial charge in [-0.1, -0.05) is 0 Å². The number of rotatable bonds is 8. The molecule has 9 heteroatoms. The van der Waals surface area contributed by atoms with Gasteiger partial charge < -0.3 is 19.5 Å². The van der Waals surface area contributed by atoms with Gasteiger partial charge in [0.1, 0.15) is 10.6 Å². The standard InChI is InChI=1S/C21H24N2O6S/c1-3-27-18-14(9-7-11-22-18)20(25)29-12-16(24)23-19-17(21(26)28-4-2)13-8-5-6-10-15(13)30-19/h7,9,11H,3-6,8,10,12H2,1-2H3,(H,23,24). The predicted molar refractivity (Wildman–Crippen MR) is 111 cm³/mol. The maximum absolute atomic E-state index is 12.5. The number of aryl methyl sites for hydroxylation is 1. The maximum atomic E-state index is 12.5. The molecule has 1 N–H and O–H groups in total. The van der Waals surface area contributed by atoms with E-state index in [0.29, 0.717) is 17.2 Å². The molecule has 0 aromatic carbocycles. The van der Waals surface area contributed by atoms with Crippen LogP contribution in [0.2, 0.25) is 0 Å². The Kier molecular flexibility index (Phi) is 7.40. The number of nitrogens with one attached hydrogen (secondary N) is 1. The summed E-state index contributed by atoms with van der Waals surface area (Å²) in [6.07, 6.45) is 5.21. The first-order chi connectivity index (χ1) is 14.5. The van der Waals surface area contributed by atoms with Crippen molar-refractivity contribution in [1.29, 1.82) is 0 Å². The number of carbonyl (C=O) groups is 3. The van der Waals surface area contributed by atoms with Crippen molar-refractivity contribution in [3.63, 3.8) is 0 Å². The molecule has 1 aliphatic carbocycles. The van der Waals surface area contributed by atoms with Crippen molar-refractivity contribution in [2.45, 2.75) is 39.5 Å². The van der Waals surface area contributed by atoms with Gasteiger partial charge in [-0.05, 0) is 57.2 Å². The average molecular weight is 432 g/mol. The molecule has 0 saturated carbocycles. The highest BCUT2D eigenvalue weighted by Crippen LogP contribution is 2.38. The molecule has 0 aliphatic heterocycles. The second kappa shape index (κ2) is 10.2. The van der Waals surface area contributed by atoms with Crippen molar-refractivity contribution < 1.29 is 28.6 Å². The quantitative estimate of drug-likeness (QED) is 0.638. The summed E-state index contributed by atoms with van der Waals surface area (Å²) in [5, 5.41) is 3.15. The summed E-state index contributed by atoms with van der Waals surface area (Å²) >= 11 is 1.38. The molecule has 0 saturated heterocycles. The minimum absolute atomic E-state index is 0.144. The number of amides is 1. The van der Waals surface area contributed by atoms with Crippen molar-refractivity contribution in [3.05, 3.63) is 39.9 Å².